The first kappa shape index (κ1) is 18.5. The molecular weight excluding hydrogens is 392 g/mol. The van der Waals surface area contributed by atoms with Gasteiger partial charge in [-0.3, -0.25) is 0 Å². The maximum atomic E-state index is 13.0. The first-order valence-corrected chi connectivity index (χ1v) is 7.93. The summed E-state index contributed by atoms with van der Waals surface area (Å²) in [4.78, 5) is 3.86. The van der Waals surface area contributed by atoms with Crippen molar-refractivity contribution in [2.45, 2.75) is 12.3 Å². The highest BCUT2D eigenvalue weighted by Crippen LogP contribution is 2.36. The summed E-state index contributed by atoms with van der Waals surface area (Å²) in [5.41, 5.74) is 5.47. The zero-order valence-corrected chi connectivity index (χ0v) is 14.4. The minimum absolute atomic E-state index is 0.0838. The number of anilines is 1. The van der Waals surface area contributed by atoms with Gasteiger partial charge >= 0.3 is 6.18 Å². The third-order valence-corrected chi connectivity index (χ3v) is 4.19. The predicted octanol–water partition coefficient (Wildman–Crippen LogP) is 4.26. The Balaban J connectivity index is 1.97. The van der Waals surface area contributed by atoms with Crippen molar-refractivity contribution in [3.8, 4) is 5.69 Å². The summed E-state index contributed by atoms with van der Waals surface area (Å²) in [7, 11) is 0. The summed E-state index contributed by atoms with van der Waals surface area (Å²) in [6.07, 6.45) is -1.75. The largest absolute Gasteiger partial charge is 0.417 e. The van der Waals surface area contributed by atoms with E-state index in [0.29, 0.717) is 5.56 Å². The number of nitrogen functional groups attached to an aromatic ring is 1. The van der Waals surface area contributed by atoms with Gasteiger partial charge in [0, 0.05) is 23.5 Å². The lowest BCUT2D eigenvalue weighted by Gasteiger charge is -2.12. The zero-order valence-electron chi connectivity index (χ0n) is 12.9. The van der Waals surface area contributed by atoms with Crippen LogP contribution < -0.4 is 5.73 Å². The van der Waals surface area contributed by atoms with Crippen molar-refractivity contribution in [1.29, 1.82) is 0 Å². The number of hydrogen-bond acceptors (Lipinski definition) is 4. The Hall–Kier alpha value is -2.29. The molecule has 136 valence electrons. The fourth-order valence-electron chi connectivity index (χ4n) is 2.36. The van der Waals surface area contributed by atoms with Gasteiger partial charge in [0.15, 0.2) is 0 Å². The van der Waals surface area contributed by atoms with E-state index in [1.54, 1.807) is 0 Å². The Morgan fingerprint density at radius 3 is 2.58 bits per heavy atom. The van der Waals surface area contributed by atoms with Gasteiger partial charge in [0.25, 0.3) is 0 Å². The van der Waals surface area contributed by atoms with Crippen LogP contribution in [0.2, 0.25) is 10.0 Å². The average molecular weight is 403 g/mol. The maximum Gasteiger partial charge on any atom is 0.417 e. The molecule has 0 fully saturated rings. The third kappa shape index (κ3) is 3.62. The van der Waals surface area contributed by atoms with Crippen LogP contribution in [-0.4, -0.2) is 19.9 Å². The number of nitrogens with two attached hydrogens (primary N) is 1. The lowest BCUT2D eigenvalue weighted by molar-refractivity contribution is -0.137. The van der Waals surface area contributed by atoms with Crippen molar-refractivity contribution in [3.63, 3.8) is 0 Å². The van der Waals surface area contributed by atoms with Crippen molar-refractivity contribution < 1.29 is 18.3 Å². The summed E-state index contributed by atoms with van der Waals surface area (Å²) in [6, 6.07) is 4.85. The predicted molar refractivity (Wildman–Crippen MR) is 91.3 cm³/mol. The highest BCUT2D eigenvalue weighted by Gasteiger charge is 2.33. The molecule has 1 atom stereocenters. The minimum Gasteiger partial charge on any atom is -0.383 e. The Morgan fingerprint density at radius 1 is 1.15 bits per heavy atom. The fraction of sp³-hybridized carbons (Fsp3) is 0.125. The summed E-state index contributed by atoms with van der Waals surface area (Å²) in [6.45, 7) is 0. The molecule has 0 saturated heterocycles. The van der Waals surface area contributed by atoms with Crippen molar-refractivity contribution in [2.75, 3.05) is 5.73 Å². The van der Waals surface area contributed by atoms with Gasteiger partial charge in [0.05, 0.1) is 27.5 Å². The number of pyridine rings is 1. The summed E-state index contributed by atoms with van der Waals surface area (Å²) < 4.78 is 40.2. The number of rotatable bonds is 3. The first-order valence-electron chi connectivity index (χ1n) is 7.17. The summed E-state index contributed by atoms with van der Waals surface area (Å²) in [5.74, 6) is 0.0838. The van der Waals surface area contributed by atoms with E-state index in [-0.39, 0.29) is 22.1 Å². The van der Waals surface area contributed by atoms with Crippen LogP contribution in [0.4, 0.5) is 19.0 Å². The fourth-order valence-corrected chi connectivity index (χ4v) is 2.75. The van der Waals surface area contributed by atoms with E-state index in [2.05, 4.69) is 10.1 Å². The van der Waals surface area contributed by atoms with Crippen LogP contribution in [0.25, 0.3) is 5.69 Å². The normalized spacial score (nSPS) is 13.0. The maximum absolute atomic E-state index is 13.0. The van der Waals surface area contributed by atoms with Gasteiger partial charge in [-0.1, -0.05) is 23.2 Å². The molecule has 0 bridgehead atoms. The monoisotopic (exact) mass is 402 g/mol. The van der Waals surface area contributed by atoms with Crippen LogP contribution in [-0.2, 0) is 6.18 Å². The van der Waals surface area contributed by atoms with Gasteiger partial charge in [0.1, 0.15) is 11.9 Å². The highest BCUT2D eigenvalue weighted by atomic mass is 35.5. The molecule has 0 spiro atoms. The number of nitrogens with zero attached hydrogens (tertiary/aromatic N) is 3. The number of alkyl halides is 3. The van der Waals surface area contributed by atoms with Gasteiger partial charge in [-0.05, 0) is 24.3 Å². The Labute approximate surface area is 155 Å². The lowest BCUT2D eigenvalue weighted by atomic mass is 10.1. The van der Waals surface area contributed by atoms with Crippen LogP contribution in [0.3, 0.4) is 0 Å². The van der Waals surface area contributed by atoms with Crippen molar-refractivity contribution in [1.82, 2.24) is 14.8 Å². The van der Waals surface area contributed by atoms with E-state index < -0.39 is 22.9 Å². The van der Waals surface area contributed by atoms with Crippen LogP contribution in [0.15, 0.2) is 42.9 Å². The van der Waals surface area contributed by atoms with E-state index in [1.165, 1.54) is 35.4 Å². The molecule has 0 amide bonds. The van der Waals surface area contributed by atoms with E-state index >= 15 is 0 Å². The molecule has 10 heteroatoms. The molecule has 0 saturated carbocycles. The Morgan fingerprint density at radius 2 is 1.88 bits per heavy atom. The molecule has 0 radical (unpaired) electrons. The molecule has 0 aliphatic carbocycles. The van der Waals surface area contributed by atoms with Gasteiger partial charge in [-0.25, -0.2) is 9.67 Å². The lowest BCUT2D eigenvalue weighted by Crippen LogP contribution is -2.07. The molecule has 2 aromatic heterocycles. The highest BCUT2D eigenvalue weighted by molar-refractivity contribution is 6.31. The van der Waals surface area contributed by atoms with E-state index in [9.17, 15) is 18.3 Å². The van der Waals surface area contributed by atoms with Crippen LogP contribution in [0, 0.1) is 0 Å². The molecule has 3 aromatic rings. The van der Waals surface area contributed by atoms with Crippen LogP contribution >= 0.6 is 23.2 Å². The van der Waals surface area contributed by atoms with Gasteiger partial charge in [-0.15, -0.1) is 0 Å². The summed E-state index contributed by atoms with van der Waals surface area (Å²) >= 11 is 11.5. The topological polar surface area (TPSA) is 77.0 Å². The van der Waals surface area contributed by atoms with Crippen LogP contribution in [0.5, 0.6) is 0 Å². The van der Waals surface area contributed by atoms with E-state index in [0.717, 1.165) is 12.1 Å². The smallest absolute Gasteiger partial charge is 0.383 e. The number of hydrogen-bond donors (Lipinski definition) is 2. The molecular formula is C16H11Cl2F3N4O. The molecule has 5 nitrogen and oxygen atoms in total. The van der Waals surface area contributed by atoms with Crippen molar-refractivity contribution in [2.24, 2.45) is 0 Å². The number of aliphatic hydroxyl groups excluding tert-OH is 1. The number of benzene rings is 1. The molecule has 3 rings (SSSR count). The second-order valence-corrected chi connectivity index (χ2v) is 6.25. The van der Waals surface area contributed by atoms with E-state index in [1.807, 2.05) is 0 Å². The molecule has 1 unspecified atom stereocenters. The number of aliphatic hydroxyl groups is 1. The Bertz CT molecular complexity index is 959. The number of aromatic nitrogens is 3. The first-order chi connectivity index (χ1) is 12.2. The van der Waals surface area contributed by atoms with Gasteiger partial charge in [-0.2, -0.15) is 18.3 Å². The Kier molecular flexibility index (Phi) is 4.83. The molecule has 0 aliphatic heterocycles. The third-order valence-electron chi connectivity index (χ3n) is 3.65. The molecule has 1 aromatic carbocycles. The van der Waals surface area contributed by atoms with Gasteiger partial charge in [0.2, 0.25) is 0 Å². The average Bonchev–Trinajstić information content (AvgIpc) is 3.06. The van der Waals surface area contributed by atoms with Crippen molar-refractivity contribution in [3.05, 3.63) is 69.6 Å². The van der Waals surface area contributed by atoms with Crippen LogP contribution in [0.1, 0.15) is 22.8 Å². The minimum atomic E-state index is -4.59. The zero-order chi connectivity index (χ0) is 19.1. The quantitative estimate of drug-likeness (QED) is 0.686. The van der Waals surface area contributed by atoms with Crippen molar-refractivity contribution >= 4 is 29.0 Å². The second kappa shape index (κ2) is 6.79. The van der Waals surface area contributed by atoms with E-state index in [4.69, 9.17) is 28.9 Å². The molecule has 26 heavy (non-hydrogen) atoms. The molecule has 2 heterocycles. The standard InChI is InChI=1S/C16H11Cl2F3N4O/c17-9-3-11(15(22)23-6-9)14(26)8-5-24-25(7-8)10-1-2-13(18)12(4-10)16(19,20)21/h1-7,14,26H,(H2,22,23). The SMILES string of the molecule is Nc1ncc(Cl)cc1C(O)c1cnn(-c2ccc(Cl)c(C(F)(F)F)c2)c1. The molecule has 3 N–H and O–H groups in total. The second-order valence-electron chi connectivity index (χ2n) is 5.41. The summed E-state index contributed by atoms with van der Waals surface area (Å²) in [5, 5.41) is 14.3. The number of halogens is 5. The molecule has 0 aliphatic rings. The van der Waals surface area contributed by atoms with Gasteiger partial charge < -0.3 is 10.8 Å².